The Kier molecular flexibility index (Phi) is 16.4. The lowest BCUT2D eigenvalue weighted by Crippen LogP contribution is -2.04. The number of unbranched alkanes of at least 4 members (excludes halogenated alkanes) is 1. The molecular formula is C42H44O10. The van der Waals surface area contributed by atoms with E-state index < -0.39 is 0 Å². The number of hydrogen-bond donors (Lipinski definition) is 4. The van der Waals surface area contributed by atoms with E-state index in [1.54, 1.807) is 30.3 Å². The first kappa shape index (κ1) is 40.3. The van der Waals surface area contributed by atoms with Gasteiger partial charge in [-0.05, 0) is 99.3 Å². The van der Waals surface area contributed by atoms with Crippen LogP contribution in [0.4, 0.5) is 0 Å². The molecule has 0 spiro atoms. The Morgan fingerprint density at radius 2 is 0.942 bits per heavy atom. The van der Waals surface area contributed by atoms with Gasteiger partial charge in [-0.1, -0.05) is 60.7 Å². The molecular weight excluding hydrogens is 664 g/mol. The maximum absolute atomic E-state index is 11.5. The zero-order chi connectivity index (χ0) is 37.9. The zero-order valence-corrected chi connectivity index (χ0v) is 29.5. The summed E-state index contributed by atoms with van der Waals surface area (Å²) >= 11 is 0. The maximum Gasteiger partial charge on any atom is 0.161 e. The lowest BCUT2D eigenvalue weighted by molar-refractivity contribution is 0.100. The van der Waals surface area contributed by atoms with Crippen LogP contribution < -0.4 is 14.2 Å². The van der Waals surface area contributed by atoms with Gasteiger partial charge in [0.1, 0.15) is 13.2 Å². The highest BCUT2D eigenvalue weighted by molar-refractivity contribution is 5.95. The van der Waals surface area contributed by atoms with Crippen molar-refractivity contribution in [3.63, 3.8) is 0 Å². The van der Waals surface area contributed by atoms with E-state index in [2.05, 4.69) is 0 Å². The fourth-order valence-corrected chi connectivity index (χ4v) is 4.43. The molecule has 0 aliphatic rings. The highest BCUT2D eigenvalue weighted by Crippen LogP contribution is 2.30. The van der Waals surface area contributed by atoms with Crippen LogP contribution in [0.3, 0.4) is 0 Å². The van der Waals surface area contributed by atoms with Gasteiger partial charge in [0.15, 0.2) is 51.8 Å². The number of ketones is 3. The number of aliphatic hydroxyl groups is 1. The van der Waals surface area contributed by atoms with E-state index in [4.69, 9.17) is 29.5 Å². The van der Waals surface area contributed by atoms with Crippen molar-refractivity contribution >= 4 is 17.3 Å². The third kappa shape index (κ3) is 13.6. The van der Waals surface area contributed by atoms with Crippen molar-refractivity contribution in [2.45, 2.75) is 46.8 Å². The monoisotopic (exact) mass is 708 g/mol. The highest BCUT2D eigenvalue weighted by atomic mass is 16.5. The summed E-state index contributed by atoms with van der Waals surface area (Å²) in [6.07, 6.45) is 1.44. The molecule has 5 aromatic rings. The summed E-state index contributed by atoms with van der Waals surface area (Å²) in [5, 5.41) is 36.4. The van der Waals surface area contributed by atoms with E-state index in [0.29, 0.717) is 60.2 Å². The van der Waals surface area contributed by atoms with Gasteiger partial charge in [0, 0.05) is 23.3 Å². The fourth-order valence-electron chi connectivity index (χ4n) is 4.43. The minimum Gasteiger partial charge on any atom is -0.504 e. The first-order valence-electron chi connectivity index (χ1n) is 16.6. The number of hydrogen-bond acceptors (Lipinski definition) is 10. The lowest BCUT2D eigenvalue weighted by atomic mass is 10.1. The Labute approximate surface area is 303 Å². The minimum absolute atomic E-state index is 0.0141. The van der Waals surface area contributed by atoms with Crippen LogP contribution in [-0.2, 0) is 13.2 Å². The van der Waals surface area contributed by atoms with Crippen molar-refractivity contribution in [1.29, 1.82) is 0 Å². The Balaban J connectivity index is 0.000000223. The molecule has 0 amide bonds. The van der Waals surface area contributed by atoms with E-state index in [9.17, 15) is 19.5 Å². The molecule has 0 aliphatic carbocycles. The molecule has 0 bridgehead atoms. The molecule has 5 rings (SSSR count). The fraction of sp³-hybridized carbons (Fsp3) is 0.214. The molecule has 0 fully saturated rings. The molecule has 0 saturated carbocycles. The van der Waals surface area contributed by atoms with E-state index >= 15 is 0 Å². The average Bonchev–Trinajstić information content (AvgIpc) is 3.14. The van der Waals surface area contributed by atoms with E-state index in [-0.39, 0.29) is 41.2 Å². The number of phenols is 3. The lowest BCUT2D eigenvalue weighted by Gasteiger charge is -2.14. The van der Waals surface area contributed by atoms with Crippen LogP contribution in [0.1, 0.15) is 75.8 Å². The van der Waals surface area contributed by atoms with Gasteiger partial charge < -0.3 is 34.6 Å². The predicted octanol–water partition coefficient (Wildman–Crippen LogP) is 8.09. The van der Waals surface area contributed by atoms with Crippen LogP contribution in [0.2, 0.25) is 0 Å². The largest absolute Gasteiger partial charge is 0.504 e. The van der Waals surface area contributed by atoms with Gasteiger partial charge in [-0.3, -0.25) is 14.4 Å². The number of benzene rings is 5. The van der Waals surface area contributed by atoms with Crippen LogP contribution in [-0.4, -0.2) is 51.0 Å². The molecule has 10 nitrogen and oxygen atoms in total. The van der Waals surface area contributed by atoms with Gasteiger partial charge in [-0.25, -0.2) is 0 Å². The number of Topliss-reactive ketones (excluding diaryl/α,β-unsaturated/α-hetero) is 3. The van der Waals surface area contributed by atoms with E-state index in [1.807, 2.05) is 60.7 Å². The topological polar surface area (TPSA) is 160 Å². The van der Waals surface area contributed by atoms with E-state index in [0.717, 1.165) is 17.5 Å². The van der Waals surface area contributed by atoms with Crippen LogP contribution in [0.15, 0.2) is 115 Å². The maximum atomic E-state index is 11.5. The molecule has 0 aliphatic heterocycles. The van der Waals surface area contributed by atoms with Crippen molar-refractivity contribution in [1.82, 2.24) is 0 Å². The number of aliphatic hydroxyl groups excluding tert-OH is 1. The van der Waals surface area contributed by atoms with Crippen molar-refractivity contribution < 1.29 is 49.0 Å². The number of ether oxygens (including phenoxy) is 3. The number of phenolic OH excluding ortho intramolecular Hbond substituents is 3. The third-order valence-corrected chi connectivity index (χ3v) is 7.38. The third-order valence-electron chi connectivity index (χ3n) is 7.38. The molecule has 272 valence electrons. The molecule has 0 atom stereocenters. The highest BCUT2D eigenvalue weighted by Gasteiger charge is 2.10. The Bertz CT molecular complexity index is 1890. The molecule has 5 aromatic carbocycles. The number of carbonyl (C=O) groups excluding carboxylic acids is 3. The standard InChI is InChI=1S/C19H22O4.C15H14O3.C8H8O3/c1-15(21)17-9-10-18(19(13-17)22-12-6-5-11-20)23-14-16-7-3-2-4-8-16;1-11(16)13-7-8-15(14(17)9-13)18-10-12-5-3-2-4-6-12;1-5(9)6-2-3-7(10)8(11)4-6/h2-4,7-10,13,20H,5-6,11-12,14H2,1H3;2-9,17H,10H2,1H3;2-4,10-11H,1H3. The second kappa shape index (κ2) is 21.2. The summed E-state index contributed by atoms with van der Waals surface area (Å²) in [6.45, 7) is 5.82. The summed E-state index contributed by atoms with van der Waals surface area (Å²) in [6, 6.07) is 33.4. The van der Waals surface area contributed by atoms with Gasteiger partial charge in [-0.15, -0.1) is 0 Å². The quantitative estimate of drug-likeness (QED) is 0.0504. The van der Waals surface area contributed by atoms with Gasteiger partial charge in [0.25, 0.3) is 0 Å². The van der Waals surface area contributed by atoms with Gasteiger partial charge in [-0.2, -0.15) is 0 Å². The van der Waals surface area contributed by atoms with Crippen LogP contribution in [0.25, 0.3) is 0 Å². The van der Waals surface area contributed by atoms with E-state index in [1.165, 1.54) is 45.0 Å². The Morgan fingerprint density at radius 3 is 1.42 bits per heavy atom. The molecule has 0 heterocycles. The second-order valence-electron chi connectivity index (χ2n) is 11.5. The molecule has 0 saturated heterocycles. The molecule has 4 N–H and O–H groups in total. The Hall–Kier alpha value is -6.13. The van der Waals surface area contributed by atoms with Gasteiger partial charge >= 0.3 is 0 Å². The normalized spacial score (nSPS) is 10.1. The first-order chi connectivity index (χ1) is 25.0. The minimum atomic E-state index is -0.266. The number of rotatable bonds is 14. The zero-order valence-electron chi connectivity index (χ0n) is 29.5. The van der Waals surface area contributed by atoms with Crippen LogP contribution in [0.5, 0.6) is 34.5 Å². The van der Waals surface area contributed by atoms with Gasteiger partial charge in [0.05, 0.1) is 6.61 Å². The predicted molar refractivity (Wildman–Crippen MR) is 198 cm³/mol. The summed E-state index contributed by atoms with van der Waals surface area (Å²) in [5.74, 6) is 0.824. The van der Waals surface area contributed by atoms with Crippen molar-refractivity contribution in [2.75, 3.05) is 13.2 Å². The molecule has 0 aromatic heterocycles. The van der Waals surface area contributed by atoms with Crippen LogP contribution in [0, 0.1) is 0 Å². The second-order valence-corrected chi connectivity index (χ2v) is 11.5. The number of carbonyl (C=O) groups is 3. The summed E-state index contributed by atoms with van der Waals surface area (Å²) < 4.78 is 17.1. The first-order valence-corrected chi connectivity index (χ1v) is 16.6. The molecule has 10 heteroatoms. The number of aromatic hydroxyl groups is 3. The van der Waals surface area contributed by atoms with Crippen molar-refractivity contribution in [3.05, 3.63) is 143 Å². The molecule has 0 unspecified atom stereocenters. The average molecular weight is 709 g/mol. The SMILES string of the molecule is CC(=O)c1ccc(O)c(O)c1.CC(=O)c1ccc(OCc2ccccc2)c(O)c1.CC(=O)c1ccc(OCc2ccccc2)c(OCCCCO)c1. The Morgan fingerprint density at radius 1 is 0.481 bits per heavy atom. The summed E-state index contributed by atoms with van der Waals surface area (Å²) in [5.41, 5.74) is 3.54. The summed E-state index contributed by atoms with van der Waals surface area (Å²) in [7, 11) is 0. The van der Waals surface area contributed by atoms with Crippen LogP contribution >= 0.6 is 0 Å². The molecule has 0 radical (unpaired) electrons. The summed E-state index contributed by atoms with van der Waals surface area (Å²) in [4.78, 5) is 33.4. The van der Waals surface area contributed by atoms with Gasteiger partial charge in [0.2, 0.25) is 0 Å². The smallest absolute Gasteiger partial charge is 0.161 e. The molecule has 52 heavy (non-hydrogen) atoms. The van der Waals surface area contributed by atoms with Crippen molar-refractivity contribution in [3.8, 4) is 34.5 Å². The van der Waals surface area contributed by atoms with Crippen molar-refractivity contribution in [2.24, 2.45) is 0 Å².